The number of aromatic nitrogens is 2. The molecule has 0 aliphatic rings. The van der Waals surface area contributed by atoms with Crippen LogP contribution in [0.4, 0.5) is 5.69 Å². The number of hydrogen-bond acceptors (Lipinski definition) is 5. The molecule has 1 aromatic heterocycles. The van der Waals surface area contributed by atoms with E-state index >= 15 is 0 Å². The minimum Gasteiger partial charge on any atom is -0.396 e. The van der Waals surface area contributed by atoms with Crippen LogP contribution in [0.2, 0.25) is 0 Å². The lowest BCUT2D eigenvalue weighted by Gasteiger charge is -2.16. The van der Waals surface area contributed by atoms with E-state index < -0.39 is 0 Å². The summed E-state index contributed by atoms with van der Waals surface area (Å²) in [6.07, 6.45) is 2.16. The summed E-state index contributed by atoms with van der Waals surface area (Å²) in [4.78, 5) is 31.4. The van der Waals surface area contributed by atoms with E-state index in [1.165, 1.54) is 4.57 Å². The molecule has 2 aromatic carbocycles. The topological polar surface area (TPSA) is 84.2 Å². The fraction of sp³-hybridized carbons (Fsp3) is 0.227. The van der Waals surface area contributed by atoms with E-state index in [-0.39, 0.29) is 31.0 Å². The zero-order chi connectivity index (χ0) is 20.8. The second-order valence-corrected chi connectivity index (χ2v) is 7.39. The standard InChI is InChI=1S/C22H23N3O3S/c1-15-19(11-12-26)22(28)25(21(23-15)16-7-4-3-5-8-16)14-20(27)24-17-9-6-10-18(13-17)29-2/h3-10,13,26H,11-12,14H2,1-2H3,(H,24,27). The van der Waals surface area contributed by atoms with E-state index in [1.807, 2.05) is 60.9 Å². The van der Waals surface area contributed by atoms with Crippen LogP contribution in [0.15, 0.2) is 64.3 Å². The molecule has 0 aliphatic heterocycles. The van der Waals surface area contributed by atoms with Crippen LogP contribution in [0.3, 0.4) is 0 Å². The largest absolute Gasteiger partial charge is 0.396 e. The van der Waals surface area contributed by atoms with E-state index in [9.17, 15) is 14.7 Å². The van der Waals surface area contributed by atoms with Gasteiger partial charge in [-0.2, -0.15) is 0 Å². The monoisotopic (exact) mass is 409 g/mol. The number of nitrogens with zero attached hydrogens (tertiary/aromatic N) is 2. The molecule has 0 spiro atoms. The highest BCUT2D eigenvalue weighted by Crippen LogP contribution is 2.20. The second-order valence-electron chi connectivity index (χ2n) is 6.51. The summed E-state index contributed by atoms with van der Waals surface area (Å²) < 4.78 is 1.38. The Morgan fingerprint density at radius 1 is 1.17 bits per heavy atom. The molecule has 0 aliphatic carbocycles. The third kappa shape index (κ3) is 4.93. The Labute approximate surface area is 173 Å². The smallest absolute Gasteiger partial charge is 0.257 e. The van der Waals surface area contributed by atoms with Gasteiger partial charge in [-0.1, -0.05) is 36.4 Å². The minimum atomic E-state index is -0.317. The van der Waals surface area contributed by atoms with Gasteiger partial charge in [-0.25, -0.2) is 4.98 Å². The molecule has 0 bridgehead atoms. The van der Waals surface area contributed by atoms with Crippen molar-refractivity contribution in [3.05, 3.63) is 76.2 Å². The van der Waals surface area contributed by atoms with Crippen molar-refractivity contribution in [2.24, 2.45) is 0 Å². The minimum absolute atomic E-state index is 0.157. The molecule has 29 heavy (non-hydrogen) atoms. The molecule has 150 valence electrons. The van der Waals surface area contributed by atoms with Crippen LogP contribution >= 0.6 is 11.8 Å². The average molecular weight is 410 g/mol. The average Bonchev–Trinajstić information content (AvgIpc) is 2.73. The van der Waals surface area contributed by atoms with Crippen molar-refractivity contribution in [1.29, 1.82) is 0 Å². The zero-order valence-corrected chi connectivity index (χ0v) is 17.2. The molecule has 0 atom stereocenters. The Kier molecular flexibility index (Phi) is 6.85. The number of hydrogen-bond donors (Lipinski definition) is 2. The van der Waals surface area contributed by atoms with Gasteiger partial charge in [0.1, 0.15) is 12.4 Å². The molecule has 0 radical (unpaired) electrons. The van der Waals surface area contributed by atoms with Gasteiger partial charge in [-0.3, -0.25) is 14.2 Å². The maximum Gasteiger partial charge on any atom is 0.257 e. The van der Waals surface area contributed by atoms with E-state index in [0.717, 1.165) is 10.5 Å². The third-order valence-corrected chi connectivity index (χ3v) is 5.24. The van der Waals surface area contributed by atoms with Gasteiger partial charge < -0.3 is 10.4 Å². The molecule has 0 saturated heterocycles. The fourth-order valence-corrected chi connectivity index (χ4v) is 3.56. The van der Waals surface area contributed by atoms with Gasteiger partial charge in [0.2, 0.25) is 5.91 Å². The van der Waals surface area contributed by atoms with Gasteiger partial charge >= 0.3 is 0 Å². The second kappa shape index (κ2) is 9.54. The lowest BCUT2D eigenvalue weighted by molar-refractivity contribution is -0.116. The van der Waals surface area contributed by atoms with Crippen molar-refractivity contribution < 1.29 is 9.90 Å². The van der Waals surface area contributed by atoms with E-state index in [1.54, 1.807) is 18.7 Å². The molecule has 1 amide bonds. The first-order chi connectivity index (χ1) is 14.0. The van der Waals surface area contributed by atoms with Gasteiger partial charge in [0.05, 0.1) is 0 Å². The molecule has 2 N–H and O–H groups in total. The molecule has 7 heteroatoms. The molecule has 3 rings (SSSR count). The lowest BCUT2D eigenvalue weighted by atomic mass is 10.1. The Morgan fingerprint density at radius 3 is 2.62 bits per heavy atom. The van der Waals surface area contributed by atoms with Gasteiger partial charge in [0, 0.05) is 40.4 Å². The predicted molar refractivity (Wildman–Crippen MR) is 116 cm³/mol. The normalized spacial score (nSPS) is 10.7. The summed E-state index contributed by atoms with van der Waals surface area (Å²) in [6.45, 7) is 1.42. The Hall–Kier alpha value is -2.90. The van der Waals surface area contributed by atoms with Crippen LogP contribution in [-0.4, -0.2) is 33.4 Å². The van der Waals surface area contributed by atoms with E-state index in [2.05, 4.69) is 10.3 Å². The Morgan fingerprint density at radius 2 is 1.93 bits per heavy atom. The van der Waals surface area contributed by atoms with Crippen molar-refractivity contribution >= 4 is 23.4 Å². The molecule has 3 aromatic rings. The molecular weight excluding hydrogens is 386 g/mol. The summed E-state index contributed by atoms with van der Waals surface area (Å²) in [5.41, 5.74) is 2.10. The first-order valence-electron chi connectivity index (χ1n) is 9.24. The number of thioether (sulfide) groups is 1. The van der Waals surface area contributed by atoms with E-state index in [0.29, 0.717) is 22.8 Å². The predicted octanol–water partition coefficient (Wildman–Crippen LogP) is 3.11. The number of nitrogens with one attached hydrogen (secondary N) is 1. The van der Waals surface area contributed by atoms with Crippen molar-refractivity contribution in [3.8, 4) is 11.4 Å². The number of amides is 1. The number of benzene rings is 2. The Bertz CT molecular complexity index is 1060. The molecule has 6 nitrogen and oxygen atoms in total. The SMILES string of the molecule is CSc1cccc(NC(=O)Cn2c(-c3ccccc3)nc(C)c(CCO)c2=O)c1. The van der Waals surface area contributed by atoms with Crippen molar-refractivity contribution in [2.45, 2.75) is 24.8 Å². The highest BCUT2D eigenvalue weighted by atomic mass is 32.2. The van der Waals surface area contributed by atoms with Crippen molar-refractivity contribution in [1.82, 2.24) is 9.55 Å². The maximum atomic E-state index is 13.1. The van der Waals surface area contributed by atoms with Gasteiger partial charge in [-0.05, 0) is 31.4 Å². The number of carbonyl (C=O) groups excluding carboxylic acids is 1. The first-order valence-corrected chi connectivity index (χ1v) is 10.5. The van der Waals surface area contributed by atoms with Crippen LogP contribution in [0.5, 0.6) is 0 Å². The highest BCUT2D eigenvalue weighted by molar-refractivity contribution is 7.98. The number of carbonyl (C=O) groups is 1. The van der Waals surface area contributed by atoms with Crippen LogP contribution in [0, 0.1) is 6.92 Å². The lowest BCUT2D eigenvalue weighted by Crippen LogP contribution is -2.33. The molecule has 0 saturated carbocycles. The summed E-state index contributed by atoms with van der Waals surface area (Å²) in [5.74, 6) is 0.117. The Balaban J connectivity index is 1.98. The number of aliphatic hydroxyl groups excluding tert-OH is 1. The number of aryl methyl sites for hydroxylation is 1. The summed E-state index contributed by atoms with van der Waals surface area (Å²) in [6, 6.07) is 16.8. The quantitative estimate of drug-likeness (QED) is 0.586. The zero-order valence-electron chi connectivity index (χ0n) is 16.4. The van der Waals surface area contributed by atoms with Gasteiger partial charge in [0.15, 0.2) is 0 Å². The van der Waals surface area contributed by atoms with Crippen molar-refractivity contribution in [2.75, 3.05) is 18.2 Å². The van der Waals surface area contributed by atoms with E-state index in [4.69, 9.17) is 0 Å². The van der Waals surface area contributed by atoms with Crippen LogP contribution < -0.4 is 10.9 Å². The molecule has 0 unspecified atom stereocenters. The molecular formula is C22H23N3O3S. The molecule has 0 fully saturated rings. The first kappa shape index (κ1) is 20.8. The number of anilines is 1. The third-order valence-electron chi connectivity index (χ3n) is 4.52. The number of aliphatic hydroxyl groups is 1. The number of rotatable bonds is 7. The van der Waals surface area contributed by atoms with Gasteiger partial charge in [-0.15, -0.1) is 11.8 Å². The van der Waals surface area contributed by atoms with Crippen LogP contribution in [0.25, 0.3) is 11.4 Å². The van der Waals surface area contributed by atoms with Crippen LogP contribution in [0.1, 0.15) is 11.3 Å². The van der Waals surface area contributed by atoms with Gasteiger partial charge in [0.25, 0.3) is 5.56 Å². The summed E-state index contributed by atoms with van der Waals surface area (Å²) in [5, 5.41) is 12.2. The van der Waals surface area contributed by atoms with Crippen LogP contribution in [-0.2, 0) is 17.8 Å². The summed E-state index contributed by atoms with van der Waals surface area (Å²) in [7, 11) is 0. The highest BCUT2D eigenvalue weighted by Gasteiger charge is 2.17. The van der Waals surface area contributed by atoms with Crippen molar-refractivity contribution in [3.63, 3.8) is 0 Å². The molecule has 1 heterocycles. The summed E-state index contributed by atoms with van der Waals surface area (Å²) >= 11 is 1.59. The maximum absolute atomic E-state index is 13.1. The fourth-order valence-electron chi connectivity index (χ4n) is 3.10.